The van der Waals surface area contributed by atoms with E-state index in [0.29, 0.717) is 27.3 Å². The second-order valence-corrected chi connectivity index (χ2v) is 8.29. The normalized spacial score (nSPS) is 26.9. The first-order chi connectivity index (χ1) is 9.82. The minimum atomic E-state index is 0.374. The van der Waals surface area contributed by atoms with E-state index in [0.717, 1.165) is 12.5 Å². The summed E-state index contributed by atoms with van der Waals surface area (Å²) in [5, 5.41) is 4.68. The van der Waals surface area contributed by atoms with Crippen molar-refractivity contribution in [2.75, 3.05) is 13.6 Å². The van der Waals surface area contributed by atoms with Crippen LogP contribution in [0.5, 0.6) is 0 Å². The highest BCUT2D eigenvalue weighted by atomic mass is 35.5. The van der Waals surface area contributed by atoms with Crippen LogP contribution in [0, 0.1) is 17.3 Å². The highest BCUT2D eigenvalue weighted by Gasteiger charge is 2.36. The Kier molecular flexibility index (Phi) is 5.62. The van der Waals surface area contributed by atoms with E-state index in [2.05, 4.69) is 38.2 Å². The van der Waals surface area contributed by atoms with Gasteiger partial charge in [0.1, 0.15) is 0 Å². The number of nitrogens with one attached hydrogen (secondary N) is 1. The molecule has 0 aliphatic heterocycles. The predicted molar refractivity (Wildman–Crippen MR) is 93.4 cm³/mol. The Morgan fingerprint density at radius 1 is 1.14 bits per heavy atom. The smallest absolute Gasteiger partial charge is 0.0595 e. The molecule has 118 valence electrons. The third kappa shape index (κ3) is 4.15. The monoisotopic (exact) mass is 327 g/mol. The van der Waals surface area contributed by atoms with Crippen molar-refractivity contribution in [3.8, 4) is 0 Å². The molecule has 1 N–H and O–H groups in total. The molecule has 1 aliphatic carbocycles. The van der Waals surface area contributed by atoms with E-state index in [4.69, 9.17) is 23.2 Å². The summed E-state index contributed by atoms with van der Waals surface area (Å²) in [7, 11) is 2.04. The van der Waals surface area contributed by atoms with E-state index in [1.807, 2.05) is 13.1 Å². The Morgan fingerprint density at radius 2 is 1.86 bits per heavy atom. The zero-order valence-electron chi connectivity index (χ0n) is 13.5. The largest absolute Gasteiger partial charge is 0.319 e. The van der Waals surface area contributed by atoms with Gasteiger partial charge in [-0.3, -0.25) is 0 Å². The molecule has 0 amide bonds. The van der Waals surface area contributed by atoms with Gasteiger partial charge in [-0.2, -0.15) is 0 Å². The fraction of sp³-hybridized carbons (Fsp3) is 0.667. The average Bonchev–Trinajstić information content (AvgIpc) is 2.41. The van der Waals surface area contributed by atoms with E-state index in [-0.39, 0.29) is 0 Å². The molecule has 0 heterocycles. The van der Waals surface area contributed by atoms with Gasteiger partial charge in [0.25, 0.3) is 0 Å². The van der Waals surface area contributed by atoms with Crippen LogP contribution in [0.25, 0.3) is 0 Å². The Labute approximate surface area is 139 Å². The van der Waals surface area contributed by atoms with Gasteiger partial charge in [0.15, 0.2) is 0 Å². The minimum Gasteiger partial charge on any atom is -0.319 e. The van der Waals surface area contributed by atoms with Crippen molar-refractivity contribution in [1.29, 1.82) is 0 Å². The number of hydrogen-bond donors (Lipinski definition) is 1. The van der Waals surface area contributed by atoms with Crippen molar-refractivity contribution in [1.82, 2.24) is 5.32 Å². The zero-order valence-corrected chi connectivity index (χ0v) is 15.1. The lowest BCUT2D eigenvalue weighted by Gasteiger charge is -2.42. The van der Waals surface area contributed by atoms with Crippen LogP contribution in [0.4, 0.5) is 0 Å². The van der Waals surface area contributed by atoms with Gasteiger partial charge in [0.05, 0.1) is 10.0 Å². The van der Waals surface area contributed by atoms with Crippen LogP contribution < -0.4 is 5.32 Å². The lowest BCUT2D eigenvalue weighted by molar-refractivity contribution is 0.130. The summed E-state index contributed by atoms with van der Waals surface area (Å²) in [6.07, 6.45) is 3.86. The van der Waals surface area contributed by atoms with Gasteiger partial charge in [-0.15, -0.1) is 0 Å². The van der Waals surface area contributed by atoms with Crippen LogP contribution in [0.1, 0.15) is 51.5 Å². The van der Waals surface area contributed by atoms with Gasteiger partial charge in [0.2, 0.25) is 0 Å². The highest BCUT2D eigenvalue weighted by molar-refractivity contribution is 6.42. The third-order valence-corrected chi connectivity index (χ3v) is 5.80. The molecular formula is C18H27Cl2N. The van der Waals surface area contributed by atoms with Crippen molar-refractivity contribution >= 4 is 23.2 Å². The summed E-state index contributed by atoms with van der Waals surface area (Å²) >= 11 is 12.3. The number of halogens is 2. The molecule has 0 aromatic heterocycles. The lowest BCUT2D eigenvalue weighted by Crippen LogP contribution is -2.34. The summed E-state index contributed by atoms with van der Waals surface area (Å²) in [5.41, 5.74) is 1.72. The zero-order chi connectivity index (χ0) is 15.6. The van der Waals surface area contributed by atoms with E-state index in [9.17, 15) is 0 Å². The minimum absolute atomic E-state index is 0.374. The molecule has 1 nitrogen and oxygen atoms in total. The van der Waals surface area contributed by atoms with E-state index in [1.54, 1.807) is 0 Å². The molecule has 1 aromatic rings. The van der Waals surface area contributed by atoms with E-state index < -0.39 is 0 Å². The van der Waals surface area contributed by atoms with E-state index >= 15 is 0 Å². The molecule has 0 saturated heterocycles. The molecule has 1 aromatic carbocycles. The standard InChI is InChI=1S/C18H27Cl2N/c1-18(2,3)14-7-5-13(11-21-4)15(10-14)12-6-8-16(19)17(20)9-12/h6,8-9,13-15,21H,5,7,10-11H2,1-4H3. The van der Waals surface area contributed by atoms with Crippen LogP contribution in [-0.4, -0.2) is 13.6 Å². The second kappa shape index (κ2) is 6.89. The van der Waals surface area contributed by atoms with E-state index in [1.165, 1.54) is 24.8 Å². The van der Waals surface area contributed by atoms with Crippen LogP contribution >= 0.6 is 23.2 Å². The lowest BCUT2D eigenvalue weighted by atomic mass is 9.64. The molecule has 1 aliphatic rings. The maximum Gasteiger partial charge on any atom is 0.0595 e. The number of hydrogen-bond acceptors (Lipinski definition) is 1. The van der Waals surface area contributed by atoms with Gasteiger partial charge in [0, 0.05) is 0 Å². The highest BCUT2D eigenvalue weighted by Crippen LogP contribution is 2.47. The third-order valence-electron chi connectivity index (χ3n) is 5.06. The summed E-state index contributed by atoms with van der Waals surface area (Å²) in [6, 6.07) is 6.17. The molecule has 21 heavy (non-hydrogen) atoms. The van der Waals surface area contributed by atoms with Crippen LogP contribution in [0.2, 0.25) is 10.0 Å². The molecule has 2 rings (SSSR count). The average molecular weight is 328 g/mol. The quantitative estimate of drug-likeness (QED) is 0.744. The van der Waals surface area contributed by atoms with Crippen molar-refractivity contribution in [3.63, 3.8) is 0 Å². The molecular weight excluding hydrogens is 301 g/mol. The number of benzene rings is 1. The number of rotatable bonds is 3. The topological polar surface area (TPSA) is 12.0 Å². The molecule has 3 unspecified atom stereocenters. The van der Waals surface area contributed by atoms with Gasteiger partial charge in [-0.1, -0.05) is 50.0 Å². The predicted octanol–water partition coefficient (Wildman–Crippen LogP) is 5.76. The van der Waals surface area contributed by atoms with Crippen molar-refractivity contribution in [2.45, 2.75) is 46.0 Å². The van der Waals surface area contributed by atoms with Gasteiger partial charge < -0.3 is 5.32 Å². The Hall–Kier alpha value is -0.240. The summed E-state index contributed by atoms with van der Waals surface area (Å²) in [5.74, 6) is 2.03. The van der Waals surface area contributed by atoms with Crippen molar-refractivity contribution in [3.05, 3.63) is 33.8 Å². The molecule has 0 spiro atoms. The molecule has 1 fully saturated rings. The van der Waals surface area contributed by atoms with Crippen LogP contribution in [0.3, 0.4) is 0 Å². The first-order valence-corrected chi connectivity index (χ1v) is 8.68. The van der Waals surface area contributed by atoms with Crippen molar-refractivity contribution in [2.24, 2.45) is 17.3 Å². The second-order valence-electron chi connectivity index (χ2n) is 7.47. The summed E-state index contributed by atoms with van der Waals surface area (Å²) in [6.45, 7) is 8.16. The van der Waals surface area contributed by atoms with Gasteiger partial charge >= 0.3 is 0 Å². The maximum absolute atomic E-state index is 6.24. The SMILES string of the molecule is CNCC1CCC(C(C)(C)C)CC1c1ccc(Cl)c(Cl)c1. The maximum atomic E-state index is 6.24. The van der Waals surface area contributed by atoms with Gasteiger partial charge in [-0.25, -0.2) is 0 Å². The van der Waals surface area contributed by atoms with Gasteiger partial charge in [-0.05, 0) is 73.7 Å². The first-order valence-electron chi connectivity index (χ1n) is 7.92. The molecule has 0 radical (unpaired) electrons. The Balaban J connectivity index is 2.26. The fourth-order valence-corrected chi connectivity index (χ4v) is 3.98. The van der Waals surface area contributed by atoms with Crippen LogP contribution in [-0.2, 0) is 0 Å². The Morgan fingerprint density at radius 3 is 2.43 bits per heavy atom. The summed E-state index contributed by atoms with van der Waals surface area (Å²) < 4.78 is 0. The molecule has 0 bridgehead atoms. The Bertz CT molecular complexity index is 479. The first kappa shape index (κ1) is 17.1. The van der Waals surface area contributed by atoms with Crippen LogP contribution in [0.15, 0.2) is 18.2 Å². The molecule has 3 heteroatoms. The molecule has 3 atom stereocenters. The van der Waals surface area contributed by atoms with Crippen molar-refractivity contribution < 1.29 is 0 Å². The summed E-state index contributed by atoms with van der Waals surface area (Å²) in [4.78, 5) is 0. The fourth-order valence-electron chi connectivity index (χ4n) is 3.68. The molecule has 1 saturated carbocycles.